The van der Waals surface area contributed by atoms with E-state index >= 15 is 0 Å². The summed E-state index contributed by atoms with van der Waals surface area (Å²) >= 11 is 5.96. The third-order valence-corrected chi connectivity index (χ3v) is 5.52. The molecule has 2 aliphatic heterocycles. The van der Waals surface area contributed by atoms with E-state index in [1.807, 2.05) is 17.0 Å². The van der Waals surface area contributed by atoms with E-state index in [1.165, 1.54) is 5.69 Å². The quantitative estimate of drug-likeness (QED) is 0.646. The second kappa shape index (κ2) is 8.62. The van der Waals surface area contributed by atoms with E-state index in [0.717, 1.165) is 57.1 Å². The lowest BCUT2D eigenvalue weighted by Crippen LogP contribution is -2.51. The molecule has 2 N–H and O–H groups in total. The van der Waals surface area contributed by atoms with Crippen LogP contribution in [0.3, 0.4) is 0 Å². The van der Waals surface area contributed by atoms with E-state index in [1.54, 1.807) is 6.92 Å². The van der Waals surface area contributed by atoms with Crippen LogP contribution in [0.4, 0.5) is 5.69 Å². The second-order valence-electron chi connectivity index (χ2n) is 7.12. The molecule has 3 rings (SSSR count). The minimum Gasteiger partial charge on any atom is -0.370 e. The highest BCUT2D eigenvalue weighted by Crippen LogP contribution is 2.20. The number of piperazine rings is 1. The van der Waals surface area contributed by atoms with Crippen molar-refractivity contribution >= 4 is 29.2 Å². The van der Waals surface area contributed by atoms with Crippen LogP contribution in [0.1, 0.15) is 19.8 Å². The Morgan fingerprint density at radius 1 is 1.15 bits per heavy atom. The highest BCUT2D eigenvalue weighted by Gasteiger charge is 2.22. The maximum Gasteiger partial charge on any atom is 0.219 e. The third-order valence-electron chi connectivity index (χ3n) is 5.27. The van der Waals surface area contributed by atoms with Gasteiger partial charge in [0.15, 0.2) is 5.96 Å². The fourth-order valence-electron chi connectivity index (χ4n) is 3.67. The zero-order chi connectivity index (χ0) is 18.5. The van der Waals surface area contributed by atoms with E-state index in [4.69, 9.17) is 17.3 Å². The van der Waals surface area contributed by atoms with Gasteiger partial charge in [0.1, 0.15) is 0 Å². The molecule has 0 saturated carbocycles. The lowest BCUT2D eigenvalue weighted by atomic mass is 9.98. The van der Waals surface area contributed by atoms with Gasteiger partial charge in [-0.2, -0.15) is 0 Å². The molecule has 0 radical (unpaired) electrons. The van der Waals surface area contributed by atoms with Gasteiger partial charge < -0.3 is 20.4 Å². The summed E-state index contributed by atoms with van der Waals surface area (Å²) in [5.74, 6) is 1.20. The number of halogens is 1. The predicted octanol–water partition coefficient (Wildman–Crippen LogP) is 2.04. The number of anilines is 1. The number of nitrogens with zero attached hydrogens (tertiary/aromatic N) is 4. The number of aliphatic imine (C=N–C) groups is 1. The van der Waals surface area contributed by atoms with Gasteiger partial charge in [-0.1, -0.05) is 11.6 Å². The number of rotatable bonds is 3. The summed E-state index contributed by atoms with van der Waals surface area (Å²) in [4.78, 5) is 22.6. The summed E-state index contributed by atoms with van der Waals surface area (Å²) in [6, 6.07) is 7.96. The molecule has 26 heavy (non-hydrogen) atoms. The van der Waals surface area contributed by atoms with Crippen LogP contribution in [-0.4, -0.2) is 67.5 Å². The number of nitrogens with two attached hydrogens (primary N) is 1. The van der Waals surface area contributed by atoms with Crippen LogP contribution >= 0.6 is 11.6 Å². The highest BCUT2D eigenvalue weighted by atomic mass is 35.5. The zero-order valence-corrected chi connectivity index (χ0v) is 16.2. The van der Waals surface area contributed by atoms with Crippen LogP contribution in [0.2, 0.25) is 5.02 Å². The van der Waals surface area contributed by atoms with Crippen LogP contribution in [0.25, 0.3) is 0 Å². The molecule has 0 aliphatic carbocycles. The van der Waals surface area contributed by atoms with Gasteiger partial charge in [0.05, 0.1) is 0 Å². The molecule has 7 heteroatoms. The van der Waals surface area contributed by atoms with Gasteiger partial charge in [-0.3, -0.25) is 9.79 Å². The first-order valence-corrected chi connectivity index (χ1v) is 9.71. The lowest BCUT2D eigenvalue weighted by molar-refractivity contribution is -0.130. The molecule has 2 fully saturated rings. The number of benzene rings is 1. The minimum atomic E-state index is 0.157. The van der Waals surface area contributed by atoms with Crippen molar-refractivity contribution in [1.29, 1.82) is 0 Å². The predicted molar refractivity (Wildman–Crippen MR) is 107 cm³/mol. The summed E-state index contributed by atoms with van der Waals surface area (Å²) in [6.07, 6.45) is 2.17. The molecule has 1 atom stereocenters. The number of hydrogen-bond acceptors (Lipinski definition) is 3. The maximum absolute atomic E-state index is 11.5. The molecule has 1 aromatic carbocycles. The summed E-state index contributed by atoms with van der Waals surface area (Å²) in [6.45, 7) is 7.57. The number of carbonyl (C=O) groups is 1. The largest absolute Gasteiger partial charge is 0.370 e. The lowest BCUT2D eigenvalue weighted by Gasteiger charge is -2.37. The fraction of sp³-hybridized carbons (Fsp3) is 0.579. The van der Waals surface area contributed by atoms with Gasteiger partial charge in [-0.05, 0) is 43.0 Å². The fourth-order valence-corrected chi connectivity index (χ4v) is 3.79. The van der Waals surface area contributed by atoms with Crippen LogP contribution in [0.15, 0.2) is 29.3 Å². The Labute approximate surface area is 160 Å². The number of carbonyl (C=O) groups excluding carboxylic acids is 1. The monoisotopic (exact) mass is 377 g/mol. The van der Waals surface area contributed by atoms with Crippen molar-refractivity contribution < 1.29 is 4.79 Å². The molecule has 0 bridgehead atoms. The van der Waals surface area contributed by atoms with Gasteiger partial charge >= 0.3 is 0 Å². The van der Waals surface area contributed by atoms with Crippen molar-refractivity contribution in [2.45, 2.75) is 19.8 Å². The molecule has 6 nitrogen and oxygen atoms in total. The molecule has 142 valence electrons. The number of amides is 1. The average molecular weight is 378 g/mol. The standard InChI is InChI=1S/C19H28ClN5O/c1-15(26)25-8-2-3-16(14-25)13-22-19(21)24-11-9-23(10-12-24)18-6-4-17(20)5-7-18/h4-7,16H,2-3,8-14H2,1H3,(H2,21,22). The molecule has 0 spiro atoms. The third kappa shape index (κ3) is 4.81. The van der Waals surface area contributed by atoms with Crippen molar-refractivity contribution in [1.82, 2.24) is 9.80 Å². The zero-order valence-electron chi connectivity index (χ0n) is 15.4. The minimum absolute atomic E-state index is 0.157. The Morgan fingerprint density at radius 3 is 2.50 bits per heavy atom. The number of guanidine groups is 1. The second-order valence-corrected chi connectivity index (χ2v) is 7.56. The number of hydrogen-bond donors (Lipinski definition) is 1. The van der Waals surface area contributed by atoms with Crippen LogP contribution in [0, 0.1) is 5.92 Å². The van der Waals surface area contributed by atoms with Gasteiger partial charge in [-0.25, -0.2) is 0 Å². The van der Waals surface area contributed by atoms with Crippen molar-refractivity contribution in [3.05, 3.63) is 29.3 Å². The van der Waals surface area contributed by atoms with Crippen molar-refractivity contribution in [2.24, 2.45) is 16.6 Å². The van der Waals surface area contributed by atoms with Crippen molar-refractivity contribution in [2.75, 3.05) is 50.7 Å². The smallest absolute Gasteiger partial charge is 0.219 e. The van der Waals surface area contributed by atoms with E-state index in [-0.39, 0.29) is 5.91 Å². The molecule has 1 amide bonds. The molecule has 2 aliphatic rings. The Balaban J connectivity index is 1.48. The summed E-state index contributed by atoms with van der Waals surface area (Å²) in [5, 5.41) is 0.759. The van der Waals surface area contributed by atoms with E-state index in [9.17, 15) is 4.79 Å². The molecule has 0 aromatic heterocycles. The van der Waals surface area contributed by atoms with E-state index < -0.39 is 0 Å². The van der Waals surface area contributed by atoms with E-state index in [2.05, 4.69) is 26.9 Å². The molecule has 1 unspecified atom stereocenters. The van der Waals surface area contributed by atoms with Crippen molar-refractivity contribution in [3.63, 3.8) is 0 Å². The van der Waals surface area contributed by atoms with E-state index in [0.29, 0.717) is 18.4 Å². The number of likely N-dealkylation sites (tertiary alicyclic amines) is 1. The summed E-state index contributed by atoms with van der Waals surface area (Å²) < 4.78 is 0. The number of piperidine rings is 1. The molecule has 1 aromatic rings. The van der Waals surface area contributed by atoms with Gasteiger partial charge in [-0.15, -0.1) is 0 Å². The Kier molecular flexibility index (Phi) is 6.25. The SMILES string of the molecule is CC(=O)N1CCCC(CN=C(N)N2CCN(c3ccc(Cl)cc3)CC2)C1. The van der Waals surface area contributed by atoms with Gasteiger partial charge in [0.2, 0.25) is 5.91 Å². The highest BCUT2D eigenvalue weighted by molar-refractivity contribution is 6.30. The average Bonchev–Trinajstić information content (AvgIpc) is 2.67. The Morgan fingerprint density at radius 2 is 1.85 bits per heavy atom. The topological polar surface area (TPSA) is 65.2 Å². The molecule has 2 saturated heterocycles. The summed E-state index contributed by atoms with van der Waals surface area (Å²) in [7, 11) is 0. The van der Waals surface area contributed by atoms with Crippen LogP contribution in [0.5, 0.6) is 0 Å². The normalized spacial score (nSPS) is 21.8. The first-order chi connectivity index (χ1) is 12.5. The Bertz CT molecular complexity index is 640. The van der Waals surface area contributed by atoms with Crippen molar-refractivity contribution in [3.8, 4) is 0 Å². The maximum atomic E-state index is 11.5. The first-order valence-electron chi connectivity index (χ1n) is 9.34. The molecular formula is C19H28ClN5O. The van der Waals surface area contributed by atoms with Crippen LogP contribution in [-0.2, 0) is 4.79 Å². The Hall–Kier alpha value is -1.95. The molecular weight excluding hydrogens is 350 g/mol. The summed E-state index contributed by atoms with van der Waals surface area (Å²) in [5.41, 5.74) is 7.41. The molecule has 2 heterocycles. The first kappa shape index (κ1) is 18.8. The van der Waals surface area contributed by atoms with Crippen LogP contribution < -0.4 is 10.6 Å². The van der Waals surface area contributed by atoms with Gasteiger partial charge in [0, 0.05) is 63.4 Å². The van der Waals surface area contributed by atoms with Gasteiger partial charge in [0.25, 0.3) is 0 Å².